The van der Waals surface area contributed by atoms with E-state index >= 15 is 0 Å². The van der Waals surface area contributed by atoms with Crippen molar-refractivity contribution in [2.45, 2.75) is 5.41 Å². The number of hydrogen-bond donors (Lipinski definition) is 0. The molecule has 0 N–H and O–H groups in total. The van der Waals surface area contributed by atoms with Gasteiger partial charge in [-0.2, -0.15) is 0 Å². The molecule has 2 aliphatic carbocycles. The van der Waals surface area contributed by atoms with E-state index in [1.807, 2.05) is 6.07 Å². The van der Waals surface area contributed by atoms with Gasteiger partial charge < -0.3 is 14.4 Å². The Morgan fingerprint density at radius 1 is 0.293 bits per heavy atom. The van der Waals surface area contributed by atoms with Gasteiger partial charge in [0.15, 0.2) is 23.0 Å². The number of anilines is 3. The maximum Gasteiger partial charge on any atom is 0.177 e. The fraction of sp³-hybridized carbons (Fsp3) is 0.0182. The zero-order chi connectivity index (χ0) is 38.2. The summed E-state index contributed by atoms with van der Waals surface area (Å²) >= 11 is 0. The molecule has 0 amide bonds. The van der Waals surface area contributed by atoms with Gasteiger partial charge >= 0.3 is 0 Å². The molecule has 3 nitrogen and oxygen atoms in total. The molecule has 0 aromatic heterocycles. The first-order valence-corrected chi connectivity index (χ1v) is 19.8. The first-order valence-electron chi connectivity index (χ1n) is 19.8. The standard InChI is InChI=1S/C55H35NO2/c1-3-16-37(17-4-1)56(38-18-5-2-6-19-38)39-32-30-36(31-33-39)40-20-7-8-21-41(40)45-25-15-29-51-54(45)58-52-34-46-44-24-11-14-28-49(44)55(50(46)35-53(52)57-51)47-26-12-9-22-42(47)43-23-10-13-27-48(43)55/h1-35H. The number of rotatable bonds is 5. The Hall–Kier alpha value is -7.62. The van der Waals surface area contributed by atoms with E-state index in [0.29, 0.717) is 11.5 Å². The summed E-state index contributed by atoms with van der Waals surface area (Å²) in [6.45, 7) is 0. The van der Waals surface area contributed by atoms with Crippen molar-refractivity contribution in [3.8, 4) is 67.5 Å². The smallest absolute Gasteiger partial charge is 0.177 e. The summed E-state index contributed by atoms with van der Waals surface area (Å²) in [5.41, 5.74) is 17.2. The number of fused-ring (bicyclic) bond motifs is 12. The van der Waals surface area contributed by atoms with Crippen LogP contribution in [0.5, 0.6) is 23.0 Å². The first kappa shape index (κ1) is 32.6. The van der Waals surface area contributed by atoms with Gasteiger partial charge in [-0.3, -0.25) is 0 Å². The number of hydrogen-bond acceptors (Lipinski definition) is 3. The van der Waals surface area contributed by atoms with Crippen LogP contribution in [0, 0.1) is 0 Å². The van der Waals surface area contributed by atoms with Crippen LogP contribution in [0.2, 0.25) is 0 Å². The van der Waals surface area contributed by atoms with Crippen molar-refractivity contribution in [1.29, 1.82) is 0 Å². The third kappa shape index (κ3) is 4.68. The molecule has 12 rings (SSSR count). The molecule has 0 saturated heterocycles. The summed E-state index contributed by atoms with van der Waals surface area (Å²) in [5.74, 6) is 2.86. The van der Waals surface area contributed by atoms with Gasteiger partial charge in [-0.1, -0.05) is 158 Å². The highest BCUT2D eigenvalue weighted by Crippen LogP contribution is 2.65. The Bertz CT molecular complexity index is 2980. The summed E-state index contributed by atoms with van der Waals surface area (Å²) < 4.78 is 13.9. The van der Waals surface area contributed by atoms with Crippen LogP contribution in [0.4, 0.5) is 17.1 Å². The fourth-order valence-corrected chi connectivity index (χ4v) is 9.76. The molecule has 0 radical (unpaired) electrons. The lowest BCUT2D eigenvalue weighted by molar-refractivity contribution is 0.360. The average Bonchev–Trinajstić information content (AvgIpc) is 3.75. The van der Waals surface area contributed by atoms with E-state index < -0.39 is 5.41 Å². The zero-order valence-corrected chi connectivity index (χ0v) is 31.5. The van der Waals surface area contributed by atoms with Gasteiger partial charge in [-0.15, -0.1) is 0 Å². The highest BCUT2D eigenvalue weighted by Gasteiger charge is 2.52. The Balaban J connectivity index is 0.951. The molecule has 272 valence electrons. The molecule has 0 unspecified atom stereocenters. The van der Waals surface area contributed by atoms with Crippen molar-refractivity contribution in [3.05, 3.63) is 235 Å². The van der Waals surface area contributed by atoms with Crippen molar-refractivity contribution < 1.29 is 9.47 Å². The quantitative estimate of drug-likeness (QED) is 0.175. The Labute approximate surface area is 337 Å². The summed E-state index contributed by atoms with van der Waals surface area (Å²) in [5, 5.41) is 0. The average molecular weight is 742 g/mol. The van der Waals surface area contributed by atoms with Gasteiger partial charge in [0.2, 0.25) is 0 Å². The molecule has 9 aromatic carbocycles. The highest BCUT2D eigenvalue weighted by atomic mass is 16.6. The third-order valence-electron chi connectivity index (χ3n) is 12.2. The first-order chi connectivity index (χ1) is 28.8. The van der Waals surface area contributed by atoms with Crippen molar-refractivity contribution in [2.75, 3.05) is 4.90 Å². The van der Waals surface area contributed by atoms with Gasteiger partial charge in [0.05, 0.1) is 5.41 Å². The predicted molar refractivity (Wildman–Crippen MR) is 235 cm³/mol. The van der Waals surface area contributed by atoms with Gasteiger partial charge in [-0.25, -0.2) is 0 Å². The van der Waals surface area contributed by atoms with Crippen LogP contribution < -0.4 is 14.4 Å². The fourth-order valence-electron chi connectivity index (χ4n) is 9.76. The zero-order valence-electron chi connectivity index (χ0n) is 31.5. The van der Waals surface area contributed by atoms with Crippen LogP contribution >= 0.6 is 0 Å². The Morgan fingerprint density at radius 3 is 1.36 bits per heavy atom. The van der Waals surface area contributed by atoms with Crippen LogP contribution in [0.25, 0.3) is 44.5 Å². The second-order valence-corrected chi connectivity index (χ2v) is 15.2. The van der Waals surface area contributed by atoms with E-state index in [1.165, 1.54) is 44.5 Å². The van der Waals surface area contributed by atoms with Gasteiger partial charge in [0.25, 0.3) is 0 Å². The summed E-state index contributed by atoms with van der Waals surface area (Å²) in [4.78, 5) is 2.28. The van der Waals surface area contributed by atoms with E-state index in [-0.39, 0.29) is 0 Å². The van der Waals surface area contributed by atoms with Crippen molar-refractivity contribution in [2.24, 2.45) is 0 Å². The monoisotopic (exact) mass is 741 g/mol. The molecule has 3 heteroatoms. The molecule has 1 heterocycles. The maximum absolute atomic E-state index is 7.00. The van der Waals surface area contributed by atoms with Gasteiger partial charge in [-0.05, 0) is 116 Å². The molecular formula is C55H35NO2. The molecule has 9 aromatic rings. The maximum atomic E-state index is 7.00. The van der Waals surface area contributed by atoms with E-state index in [1.54, 1.807) is 0 Å². The van der Waals surface area contributed by atoms with Gasteiger partial charge in [0.1, 0.15) is 0 Å². The highest BCUT2D eigenvalue weighted by molar-refractivity contribution is 5.96. The minimum Gasteiger partial charge on any atom is -0.449 e. The molecule has 1 spiro atoms. The minimum atomic E-state index is -0.451. The molecule has 1 aliphatic heterocycles. The molecule has 0 fully saturated rings. The van der Waals surface area contributed by atoms with Crippen molar-refractivity contribution in [3.63, 3.8) is 0 Å². The Kier molecular flexibility index (Phi) is 7.14. The molecule has 58 heavy (non-hydrogen) atoms. The minimum absolute atomic E-state index is 0.451. The molecule has 0 atom stereocenters. The second-order valence-electron chi connectivity index (χ2n) is 15.2. The van der Waals surface area contributed by atoms with E-state index in [2.05, 4.69) is 211 Å². The summed E-state index contributed by atoms with van der Waals surface area (Å²) in [6, 6.07) is 75.7. The third-order valence-corrected chi connectivity index (χ3v) is 12.2. The molecule has 3 aliphatic rings. The summed E-state index contributed by atoms with van der Waals surface area (Å²) in [7, 11) is 0. The molecule has 0 bridgehead atoms. The lowest BCUT2D eigenvalue weighted by atomic mass is 9.70. The predicted octanol–water partition coefficient (Wildman–Crippen LogP) is 14.7. The van der Waals surface area contributed by atoms with Crippen molar-refractivity contribution >= 4 is 17.1 Å². The molecule has 0 saturated carbocycles. The Morgan fingerprint density at radius 2 is 0.759 bits per heavy atom. The van der Waals surface area contributed by atoms with Crippen molar-refractivity contribution in [1.82, 2.24) is 0 Å². The van der Waals surface area contributed by atoms with E-state index in [4.69, 9.17) is 9.47 Å². The van der Waals surface area contributed by atoms with Crippen LogP contribution in [-0.4, -0.2) is 0 Å². The lowest BCUT2D eigenvalue weighted by Crippen LogP contribution is -2.25. The number of benzene rings is 9. The summed E-state index contributed by atoms with van der Waals surface area (Å²) in [6.07, 6.45) is 0. The van der Waals surface area contributed by atoms with E-state index in [9.17, 15) is 0 Å². The number of nitrogens with zero attached hydrogens (tertiary/aromatic N) is 1. The number of ether oxygens (including phenoxy) is 2. The SMILES string of the molecule is c1ccc(N(c2ccccc2)c2ccc(-c3ccccc3-c3cccc4c3Oc3cc5c(cc3O4)C3(c4ccccc4-c4ccccc43)c3ccccc3-5)cc2)cc1. The topological polar surface area (TPSA) is 21.7 Å². The normalized spacial score (nSPS) is 13.2. The van der Waals surface area contributed by atoms with E-state index in [0.717, 1.165) is 50.8 Å². The van der Waals surface area contributed by atoms with Crippen LogP contribution in [-0.2, 0) is 5.41 Å². The second kappa shape index (κ2) is 12.7. The molecular weight excluding hydrogens is 707 g/mol. The van der Waals surface area contributed by atoms with Crippen LogP contribution in [0.3, 0.4) is 0 Å². The largest absolute Gasteiger partial charge is 0.449 e. The van der Waals surface area contributed by atoms with Crippen LogP contribution in [0.1, 0.15) is 22.3 Å². The lowest BCUT2D eigenvalue weighted by Gasteiger charge is -2.31. The van der Waals surface area contributed by atoms with Gasteiger partial charge in [0, 0.05) is 22.6 Å². The number of para-hydroxylation sites is 3. The van der Waals surface area contributed by atoms with Crippen LogP contribution in [0.15, 0.2) is 212 Å².